The molecule has 1 aromatic carbocycles. The Morgan fingerprint density at radius 3 is 1.88 bits per heavy atom. The molecule has 1 aliphatic rings. The number of likely N-dealkylation sites (tertiary alicyclic amines) is 1. The van der Waals surface area contributed by atoms with E-state index in [4.69, 9.17) is 17.2 Å². The molecule has 1 saturated heterocycles. The van der Waals surface area contributed by atoms with Crippen molar-refractivity contribution in [1.29, 1.82) is 0 Å². The van der Waals surface area contributed by atoms with Gasteiger partial charge in [0.05, 0.1) is 48.0 Å². The monoisotopic (exact) mass is 1450 g/mol. The zero-order valence-corrected chi connectivity index (χ0v) is 56.9. The molecular weight excluding hydrogens is 1360 g/mol. The molecule has 5 heterocycles. The number of carboxylic acids is 1. The van der Waals surface area contributed by atoms with Crippen LogP contribution in [0.4, 0.5) is 0 Å². The van der Waals surface area contributed by atoms with E-state index >= 15 is 0 Å². The van der Waals surface area contributed by atoms with Crippen LogP contribution in [-0.4, -0.2) is 175 Å². The van der Waals surface area contributed by atoms with Crippen molar-refractivity contribution in [3.8, 4) is 28.5 Å². The van der Waals surface area contributed by atoms with Gasteiger partial charge >= 0.3 is 19.5 Å². The number of unbranched alkanes of at least 4 members (excludes halogenated alkanes) is 1. The summed E-state index contributed by atoms with van der Waals surface area (Å²) < 4.78 is 0. The van der Waals surface area contributed by atoms with E-state index in [1.54, 1.807) is 30.7 Å². The van der Waals surface area contributed by atoms with E-state index < -0.39 is 139 Å². The average Bonchev–Trinajstić information content (AvgIpc) is 1.79. The van der Waals surface area contributed by atoms with Crippen molar-refractivity contribution in [3.05, 3.63) is 126 Å². The predicted molar refractivity (Wildman–Crippen MR) is 351 cm³/mol. The summed E-state index contributed by atoms with van der Waals surface area (Å²) in [5.41, 5.74) is 22.4. The van der Waals surface area contributed by atoms with Gasteiger partial charge in [0.2, 0.25) is 58.3 Å². The van der Waals surface area contributed by atoms with Crippen molar-refractivity contribution in [2.45, 2.75) is 147 Å². The minimum Gasteiger partial charge on any atom is -0.872 e. The number of pyridine rings is 4. The Balaban J connectivity index is 0.00000137. The summed E-state index contributed by atoms with van der Waals surface area (Å²) in [6, 6.07) is 14.9. The Kier molecular flexibility index (Phi) is 34.5. The fraction of sp³-hybridized carbons (Fsp3) is 0.439. The number of aliphatic carboxylic acids is 1. The van der Waals surface area contributed by atoms with E-state index in [0.29, 0.717) is 48.2 Å². The van der Waals surface area contributed by atoms with Crippen molar-refractivity contribution in [1.82, 2.24) is 62.1 Å². The van der Waals surface area contributed by atoms with Gasteiger partial charge < -0.3 is 79.4 Å². The van der Waals surface area contributed by atoms with E-state index in [0.717, 1.165) is 28.7 Å². The molecule has 1 unspecified atom stereocenters. The molecule has 6 rings (SSSR count). The number of aliphatic hydroxyl groups is 1. The van der Waals surface area contributed by atoms with Crippen molar-refractivity contribution in [2.24, 2.45) is 23.1 Å². The number of amides is 9. The maximum Gasteiger partial charge on any atom is 2.00 e. The van der Waals surface area contributed by atoms with Gasteiger partial charge in [-0.1, -0.05) is 62.0 Å². The SMILES string of the molecule is Cc1ccnc(-c2cc(CC(N)C(=O)N[C@H](C(=O)NCC(=O)N[C@@H](CCC(=O)[O-])C(=O)N[C@@H](CCCCN)C(=O)N3CCC[C@H]3C(=O)N[C@@H](Cc3ccc([O-])cc3)C(=O)NCC(=O)SCCC(=O)N[C@@H](CC(C)C)C(N)=O)[C@@H](C)O)ccn2)c1.[Ru+2].c1ccc(-c2ccccn2)nc1. The molecule has 0 radical (unpaired) electrons. The van der Waals surface area contributed by atoms with Gasteiger partial charge in [0.25, 0.3) is 0 Å². The van der Waals surface area contributed by atoms with Crippen LogP contribution in [0.25, 0.3) is 22.8 Å². The number of carboxylic acid groups (broad SMARTS) is 1. The number of primary amides is 1. The van der Waals surface area contributed by atoms with Crippen molar-refractivity contribution in [2.75, 3.05) is 31.9 Å². The molecule has 0 saturated carbocycles. The van der Waals surface area contributed by atoms with Gasteiger partial charge in [-0.3, -0.25) is 67.9 Å². The number of aromatic nitrogens is 4. The second-order valence-corrected chi connectivity index (χ2v) is 24.4. The van der Waals surface area contributed by atoms with E-state index in [1.165, 1.54) is 42.3 Å². The first kappa shape index (κ1) is 80.3. The summed E-state index contributed by atoms with van der Waals surface area (Å²) in [5.74, 6) is -9.08. The number of hydrogen-bond acceptors (Lipinski definition) is 21. The quantitative estimate of drug-likeness (QED) is 0.0165. The zero-order valence-electron chi connectivity index (χ0n) is 54.4. The third-order valence-electron chi connectivity index (χ3n) is 14.9. The second kappa shape index (κ2) is 41.7. The minimum absolute atomic E-state index is 0. The van der Waals surface area contributed by atoms with Gasteiger partial charge in [0, 0.05) is 55.9 Å². The van der Waals surface area contributed by atoms with Crippen LogP contribution in [0.1, 0.15) is 95.2 Å². The third-order valence-corrected chi connectivity index (χ3v) is 15.8. The van der Waals surface area contributed by atoms with Crippen LogP contribution in [-0.2, 0) is 85.1 Å². The molecule has 1 aliphatic heterocycles. The Morgan fingerprint density at radius 2 is 1.28 bits per heavy atom. The van der Waals surface area contributed by atoms with Crippen LogP contribution in [0.5, 0.6) is 5.75 Å². The molecule has 29 nitrogen and oxygen atoms in total. The van der Waals surface area contributed by atoms with Gasteiger partial charge in [0.1, 0.15) is 36.3 Å². The number of aryl methyl sites for hydroxylation is 1. The van der Waals surface area contributed by atoms with Crippen LogP contribution in [0.2, 0.25) is 0 Å². The Morgan fingerprint density at radius 1 is 0.649 bits per heavy atom. The molecule has 5 aromatic rings. The molecule has 522 valence electrons. The topological polar surface area (TPSA) is 471 Å². The van der Waals surface area contributed by atoms with E-state index in [9.17, 15) is 68.1 Å². The third kappa shape index (κ3) is 28.2. The minimum atomic E-state index is -1.62. The number of hydrogen-bond donors (Lipinski definition) is 11. The zero-order chi connectivity index (χ0) is 70.3. The molecular formula is C66H85N15O14RuS. The molecule has 97 heavy (non-hydrogen) atoms. The number of aliphatic hydroxyl groups excluding tert-OH is 1. The van der Waals surface area contributed by atoms with E-state index in [-0.39, 0.29) is 82.1 Å². The average molecular weight is 1450 g/mol. The molecule has 1 fully saturated rings. The predicted octanol–water partition coefficient (Wildman–Crippen LogP) is -1.35. The van der Waals surface area contributed by atoms with Gasteiger partial charge in [-0.2, -0.15) is 0 Å². The van der Waals surface area contributed by atoms with Crippen LogP contribution in [0, 0.1) is 12.8 Å². The van der Waals surface area contributed by atoms with Crippen molar-refractivity contribution in [3.63, 3.8) is 0 Å². The molecule has 8 atom stereocenters. The Labute approximate surface area is 579 Å². The largest absolute Gasteiger partial charge is 2.00 e. The fourth-order valence-electron chi connectivity index (χ4n) is 9.95. The smallest absolute Gasteiger partial charge is 0.872 e. The Bertz CT molecular complexity index is 3400. The number of benzene rings is 1. The van der Waals surface area contributed by atoms with E-state index in [2.05, 4.69) is 57.2 Å². The first-order valence-corrected chi connectivity index (χ1v) is 32.4. The van der Waals surface area contributed by atoms with Crippen molar-refractivity contribution >= 4 is 76.0 Å². The Hall–Kier alpha value is -9.16. The van der Waals surface area contributed by atoms with Gasteiger partial charge in [-0.25, -0.2) is 0 Å². The number of carbonyl (C=O) groups excluding carboxylic acids is 11. The normalized spacial score (nSPS) is 14.6. The van der Waals surface area contributed by atoms with Gasteiger partial charge in [0.15, 0.2) is 0 Å². The van der Waals surface area contributed by atoms with Crippen molar-refractivity contribution < 1.29 is 87.5 Å². The molecule has 0 bridgehead atoms. The first-order valence-electron chi connectivity index (χ1n) is 31.4. The maximum atomic E-state index is 14.5. The van der Waals surface area contributed by atoms with Gasteiger partial charge in [-0.05, 0) is 149 Å². The molecule has 4 aromatic heterocycles. The summed E-state index contributed by atoms with van der Waals surface area (Å²) in [5, 5.41) is 50.8. The molecule has 14 N–H and O–H groups in total. The molecule has 0 aliphatic carbocycles. The fourth-order valence-corrected chi connectivity index (χ4v) is 10.6. The summed E-state index contributed by atoms with van der Waals surface area (Å²) in [7, 11) is 0. The number of nitrogens with one attached hydrogen (secondary N) is 7. The molecule has 0 spiro atoms. The molecule has 31 heteroatoms. The number of nitrogens with two attached hydrogens (primary N) is 3. The van der Waals surface area contributed by atoms with Crippen LogP contribution < -0.4 is 64.6 Å². The first-order chi connectivity index (χ1) is 45.8. The summed E-state index contributed by atoms with van der Waals surface area (Å²) in [4.78, 5) is 163. The van der Waals surface area contributed by atoms with Crippen LogP contribution in [0.3, 0.4) is 0 Å². The standard InChI is InChI=1S/C56H79N13O14S.C10H8N2.Ru/c1-31(2)24-42(50(59)77)65-45(72)18-23-84-48(76)30-63-52(79)43(27-34-10-12-36(71)13-11-34)67-54(81)44-9-7-22-69(44)56(83)39(8-5-6-19-57)66-53(80)38(14-15-47(74)75)64-46(73)29-62-55(82)49(33(4)70)68-51(78)37(58)26-35-17-21-61-41(28-35)40-25-32(3)16-20-60-40;1-3-7-11-9(5-1)10-6-2-4-8-12-10;/h10-13,16-17,20-21,25,28,31,33,37-39,42-44,49,70-71H,5-9,14-15,18-19,22-24,26-27,29-30,57-58H2,1-4H3,(H2,59,77)(H,62,82)(H,63,79)(H,64,73)(H,65,72)(H,66,80)(H,67,81)(H,68,78)(H,74,75);1-8H;/q;;+2/p-2/t33-,37?,38+,39+,42+,43+,44+,49+;;/m1../s1. The maximum absolute atomic E-state index is 14.5. The summed E-state index contributed by atoms with van der Waals surface area (Å²) >= 11 is 0.757. The van der Waals surface area contributed by atoms with Crippen LogP contribution >= 0.6 is 11.8 Å². The number of nitrogens with zero attached hydrogens (tertiary/aromatic N) is 5. The van der Waals surface area contributed by atoms with Gasteiger partial charge in [-0.15, -0.1) is 5.75 Å². The summed E-state index contributed by atoms with van der Waals surface area (Å²) in [6.45, 7) is 5.76. The number of thioether (sulfide) groups is 1. The number of rotatable bonds is 35. The second-order valence-electron chi connectivity index (χ2n) is 23.3. The van der Waals surface area contributed by atoms with Crippen LogP contribution in [0.15, 0.2) is 110 Å². The summed E-state index contributed by atoms with van der Waals surface area (Å²) in [6.07, 6.45) is 5.15. The number of carbonyl (C=O) groups is 11. The molecule has 9 amide bonds. The van der Waals surface area contributed by atoms with E-state index in [1.807, 2.05) is 69.3 Å².